The molecule has 1 aliphatic heterocycles. The maximum atomic E-state index is 13.3. The molecule has 4 rings (SSSR count). The van der Waals surface area contributed by atoms with Gasteiger partial charge in [-0.25, -0.2) is 9.37 Å². The van der Waals surface area contributed by atoms with E-state index in [1.165, 1.54) is 12.1 Å². The average Bonchev–Trinajstić information content (AvgIpc) is 2.91. The first kappa shape index (κ1) is 15.7. The van der Waals surface area contributed by atoms with Crippen molar-refractivity contribution in [2.24, 2.45) is 0 Å². The van der Waals surface area contributed by atoms with E-state index in [9.17, 15) is 4.39 Å². The maximum Gasteiger partial charge on any atom is 0.225 e. The Morgan fingerprint density at radius 3 is 2.58 bits per heavy atom. The topological polar surface area (TPSA) is 38.2 Å². The van der Waals surface area contributed by atoms with Gasteiger partial charge in [-0.1, -0.05) is 12.1 Å². The van der Waals surface area contributed by atoms with Gasteiger partial charge in [0.25, 0.3) is 0 Å². The Bertz CT molecular complexity index is 891. The summed E-state index contributed by atoms with van der Waals surface area (Å²) >= 11 is 7.73. The van der Waals surface area contributed by atoms with Crippen LogP contribution in [0.3, 0.4) is 0 Å². The third kappa shape index (κ3) is 2.75. The molecule has 0 amide bonds. The van der Waals surface area contributed by atoms with E-state index in [-0.39, 0.29) is 11.1 Å². The van der Waals surface area contributed by atoms with Gasteiger partial charge in [-0.3, -0.25) is 0 Å². The van der Waals surface area contributed by atoms with Gasteiger partial charge in [0.1, 0.15) is 16.5 Å². The van der Waals surface area contributed by atoms with Crippen molar-refractivity contribution in [2.75, 3.05) is 31.2 Å². The predicted molar refractivity (Wildman–Crippen MR) is 95.6 cm³/mol. The highest BCUT2D eigenvalue weighted by molar-refractivity contribution is 7.19. The molecule has 4 nitrogen and oxygen atoms in total. The third-order valence-corrected chi connectivity index (χ3v) is 5.29. The number of halogens is 2. The zero-order valence-corrected chi connectivity index (χ0v) is 14.6. The number of anilines is 1. The molecule has 1 fully saturated rings. The van der Waals surface area contributed by atoms with Crippen LogP contribution in [0.15, 0.2) is 24.3 Å². The average molecular weight is 364 g/mol. The van der Waals surface area contributed by atoms with Crippen LogP contribution in [-0.4, -0.2) is 36.3 Å². The molecule has 3 heterocycles. The zero-order chi connectivity index (χ0) is 16.7. The SMILES string of the molecule is Cc1sc2nc(Cl)nc(N3CCOCC3)c2c1-c1ccc(F)cc1. The van der Waals surface area contributed by atoms with E-state index in [4.69, 9.17) is 16.3 Å². The molecule has 0 N–H and O–H groups in total. The summed E-state index contributed by atoms with van der Waals surface area (Å²) in [6, 6.07) is 6.54. The second kappa shape index (κ2) is 6.27. The highest BCUT2D eigenvalue weighted by Crippen LogP contribution is 2.42. The van der Waals surface area contributed by atoms with Gasteiger partial charge >= 0.3 is 0 Å². The number of rotatable bonds is 2. The summed E-state index contributed by atoms with van der Waals surface area (Å²) in [4.78, 5) is 13.0. The lowest BCUT2D eigenvalue weighted by molar-refractivity contribution is 0.122. The minimum Gasteiger partial charge on any atom is -0.378 e. The first-order valence-electron chi connectivity index (χ1n) is 7.69. The number of fused-ring (bicyclic) bond motifs is 1. The van der Waals surface area contributed by atoms with Gasteiger partial charge in [0.2, 0.25) is 5.28 Å². The van der Waals surface area contributed by atoms with E-state index in [1.807, 2.05) is 6.92 Å². The number of aromatic nitrogens is 2. The molecular formula is C17H15ClFN3OS. The summed E-state index contributed by atoms with van der Waals surface area (Å²) in [5.41, 5.74) is 2.01. The van der Waals surface area contributed by atoms with E-state index in [0.717, 1.165) is 45.1 Å². The highest BCUT2D eigenvalue weighted by atomic mass is 35.5. The quantitative estimate of drug-likeness (QED) is 0.636. The van der Waals surface area contributed by atoms with E-state index < -0.39 is 0 Å². The minimum absolute atomic E-state index is 0.246. The first-order chi connectivity index (χ1) is 11.6. The number of aryl methyl sites for hydroxylation is 1. The van der Waals surface area contributed by atoms with Crippen molar-refractivity contribution in [3.8, 4) is 11.1 Å². The Balaban J connectivity index is 1.96. The molecule has 0 bridgehead atoms. The molecule has 1 saturated heterocycles. The number of hydrogen-bond donors (Lipinski definition) is 0. The van der Waals surface area contributed by atoms with Crippen LogP contribution in [0.4, 0.5) is 10.2 Å². The summed E-state index contributed by atoms with van der Waals surface area (Å²) < 4.78 is 18.7. The maximum absolute atomic E-state index is 13.3. The summed E-state index contributed by atoms with van der Waals surface area (Å²) in [6.07, 6.45) is 0. The van der Waals surface area contributed by atoms with Crippen LogP contribution in [0.2, 0.25) is 5.28 Å². The molecule has 0 aliphatic carbocycles. The second-order valence-corrected chi connectivity index (χ2v) is 7.18. The molecule has 24 heavy (non-hydrogen) atoms. The molecule has 124 valence electrons. The summed E-state index contributed by atoms with van der Waals surface area (Å²) in [6.45, 7) is 4.90. The Morgan fingerprint density at radius 2 is 1.88 bits per heavy atom. The van der Waals surface area contributed by atoms with Crippen molar-refractivity contribution in [1.29, 1.82) is 0 Å². The van der Waals surface area contributed by atoms with Crippen molar-refractivity contribution in [1.82, 2.24) is 9.97 Å². The lowest BCUT2D eigenvalue weighted by Crippen LogP contribution is -2.37. The molecule has 0 unspecified atom stereocenters. The van der Waals surface area contributed by atoms with E-state index in [2.05, 4.69) is 14.9 Å². The van der Waals surface area contributed by atoms with Crippen molar-refractivity contribution in [2.45, 2.75) is 6.92 Å². The summed E-state index contributed by atoms with van der Waals surface area (Å²) in [7, 11) is 0. The molecule has 1 aliphatic rings. The van der Waals surface area contributed by atoms with Crippen molar-refractivity contribution in [3.05, 3.63) is 40.2 Å². The number of benzene rings is 1. The largest absolute Gasteiger partial charge is 0.378 e. The Kier molecular flexibility index (Phi) is 4.12. The molecule has 0 spiro atoms. The van der Waals surface area contributed by atoms with Gasteiger partial charge in [-0.15, -0.1) is 11.3 Å². The molecule has 2 aromatic heterocycles. The van der Waals surface area contributed by atoms with Gasteiger partial charge < -0.3 is 9.64 Å². The van der Waals surface area contributed by atoms with Crippen LogP contribution in [0.25, 0.3) is 21.3 Å². The summed E-state index contributed by atoms with van der Waals surface area (Å²) in [5, 5.41) is 1.23. The standard InChI is InChI=1S/C17H15ClFN3OS/c1-10-13(11-2-4-12(19)5-3-11)14-15(22-6-8-23-9-7-22)20-17(18)21-16(14)24-10/h2-5H,6-9H2,1H3. The number of ether oxygens (including phenoxy) is 1. The molecule has 7 heteroatoms. The van der Waals surface area contributed by atoms with Crippen LogP contribution < -0.4 is 4.90 Å². The van der Waals surface area contributed by atoms with Gasteiger partial charge in [-0.2, -0.15) is 4.98 Å². The zero-order valence-electron chi connectivity index (χ0n) is 13.1. The minimum atomic E-state index is -0.247. The molecule has 0 atom stereocenters. The van der Waals surface area contributed by atoms with Crippen LogP contribution in [-0.2, 0) is 4.74 Å². The molecule has 0 radical (unpaired) electrons. The van der Waals surface area contributed by atoms with E-state index in [1.54, 1.807) is 23.5 Å². The smallest absolute Gasteiger partial charge is 0.225 e. The third-order valence-electron chi connectivity index (χ3n) is 4.12. The fourth-order valence-electron chi connectivity index (χ4n) is 3.04. The molecule has 1 aromatic carbocycles. The number of morpholine rings is 1. The monoisotopic (exact) mass is 363 g/mol. The Labute approximate surface area is 147 Å². The van der Waals surface area contributed by atoms with Gasteiger partial charge in [0.05, 0.1) is 18.6 Å². The number of nitrogens with zero attached hydrogens (tertiary/aromatic N) is 3. The van der Waals surface area contributed by atoms with Crippen molar-refractivity contribution in [3.63, 3.8) is 0 Å². The van der Waals surface area contributed by atoms with Gasteiger partial charge in [0.15, 0.2) is 0 Å². The molecule has 3 aromatic rings. The summed E-state index contributed by atoms with van der Waals surface area (Å²) in [5.74, 6) is 0.584. The van der Waals surface area contributed by atoms with Crippen LogP contribution >= 0.6 is 22.9 Å². The predicted octanol–water partition coefficient (Wildman–Crippen LogP) is 4.30. The van der Waals surface area contributed by atoms with E-state index in [0.29, 0.717) is 13.2 Å². The highest BCUT2D eigenvalue weighted by Gasteiger charge is 2.23. The second-order valence-electron chi connectivity index (χ2n) is 5.64. The van der Waals surface area contributed by atoms with Crippen molar-refractivity contribution >= 4 is 39.0 Å². The Hall–Kier alpha value is -1.76. The van der Waals surface area contributed by atoms with Gasteiger partial charge in [-0.05, 0) is 36.2 Å². The molecular weight excluding hydrogens is 349 g/mol. The Morgan fingerprint density at radius 1 is 1.17 bits per heavy atom. The normalized spacial score (nSPS) is 15.2. The lowest BCUT2D eigenvalue weighted by atomic mass is 10.0. The first-order valence-corrected chi connectivity index (χ1v) is 8.88. The van der Waals surface area contributed by atoms with Crippen molar-refractivity contribution < 1.29 is 9.13 Å². The van der Waals surface area contributed by atoms with Crippen LogP contribution in [0.1, 0.15) is 4.88 Å². The lowest BCUT2D eigenvalue weighted by Gasteiger charge is -2.28. The van der Waals surface area contributed by atoms with Crippen LogP contribution in [0, 0.1) is 12.7 Å². The fourth-order valence-corrected chi connectivity index (χ4v) is 4.29. The van der Waals surface area contributed by atoms with E-state index >= 15 is 0 Å². The number of thiophene rings is 1. The number of hydrogen-bond acceptors (Lipinski definition) is 5. The molecule has 0 saturated carbocycles. The van der Waals surface area contributed by atoms with Gasteiger partial charge in [0, 0.05) is 23.5 Å². The van der Waals surface area contributed by atoms with Crippen LogP contribution in [0.5, 0.6) is 0 Å². The fraction of sp³-hybridized carbons (Fsp3) is 0.294.